The van der Waals surface area contributed by atoms with Crippen LogP contribution in [0, 0.1) is 13.8 Å². The van der Waals surface area contributed by atoms with Crippen LogP contribution in [0.4, 0.5) is 5.69 Å². The van der Waals surface area contributed by atoms with Crippen LogP contribution in [0.5, 0.6) is 0 Å². The van der Waals surface area contributed by atoms with Crippen molar-refractivity contribution in [3.8, 4) is 5.82 Å². The van der Waals surface area contributed by atoms with Gasteiger partial charge in [0.2, 0.25) is 0 Å². The summed E-state index contributed by atoms with van der Waals surface area (Å²) in [5, 5.41) is 7.34. The number of carbonyl (C=O) groups excluding carboxylic acids is 1. The van der Waals surface area contributed by atoms with Crippen LogP contribution in [-0.2, 0) is 6.42 Å². The SMILES string of the molecule is CCCCc1nc2ccc(NC(=O)c3ccc(-n4nc(C)cc4C)nc3)cc2[nH]1. The van der Waals surface area contributed by atoms with Crippen molar-refractivity contribution in [1.29, 1.82) is 0 Å². The third-order valence-corrected chi connectivity index (χ3v) is 4.79. The number of aryl methyl sites for hydroxylation is 3. The molecule has 0 radical (unpaired) electrons. The van der Waals surface area contributed by atoms with Crippen molar-refractivity contribution in [2.24, 2.45) is 0 Å². The van der Waals surface area contributed by atoms with Crippen LogP contribution in [-0.4, -0.2) is 30.6 Å². The first-order chi connectivity index (χ1) is 14.0. The van der Waals surface area contributed by atoms with Gasteiger partial charge in [-0.15, -0.1) is 0 Å². The number of pyridine rings is 1. The molecular weight excluding hydrogens is 364 g/mol. The highest BCUT2D eigenvalue weighted by Gasteiger charge is 2.11. The zero-order valence-corrected chi connectivity index (χ0v) is 16.9. The van der Waals surface area contributed by atoms with E-state index in [-0.39, 0.29) is 5.91 Å². The largest absolute Gasteiger partial charge is 0.342 e. The highest BCUT2D eigenvalue weighted by Crippen LogP contribution is 2.19. The van der Waals surface area contributed by atoms with Gasteiger partial charge < -0.3 is 10.3 Å². The van der Waals surface area contributed by atoms with Gasteiger partial charge in [-0.05, 0) is 56.7 Å². The first kappa shape index (κ1) is 18.9. The van der Waals surface area contributed by atoms with Gasteiger partial charge in [0, 0.05) is 24.0 Å². The zero-order valence-electron chi connectivity index (χ0n) is 16.9. The van der Waals surface area contributed by atoms with E-state index < -0.39 is 0 Å². The molecule has 3 aromatic heterocycles. The smallest absolute Gasteiger partial charge is 0.257 e. The van der Waals surface area contributed by atoms with Crippen LogP contribution < -0.4 is 5.32 Å². The average molecular weight is 388 g/mol. The Labute approximate surface area is 169 Å². The van der Waals surface area contributed by atoms with Gasteiger partial charge in [0.25, 0.3) is 5.91 Å². The zero-order chi connectivity index (χ0) is 20.4. The van der Waals surface area contributed by atoms with Crippen molar-refractivity contribution in [2.45, 2.75) is 40.0 Å². The molecule has 7 nitrogen and oxygen atoms in total. The normalized spacial score (nSPS) is 11.1. The van der Waals surface area contributed by atoms with Crippen molar-refractivity contribution in [1.82, 2.24) is 24.7 Å². The number of fused-ring (bicyclic) bond motifs is 1. The van der Waals surface area contributed by atoms with Gasteiger partial charge in [0.15, 0.2) is 5.82 Å². The number of anilines is 1. The first-order valence-electron chi connectivity index (χ1n) is 9.83. The van der Waals surface area contributed by atoms with Gasteiger partial charge in [-0.1, -0.05) is 13.3 Å². The van der Waals surface area contributed by atoms with Gasteiger partial charge >= 0.3 is 0 Å². The van der Waals surface area contributed by atoms with Crippen molar-refractivity contribution >= 4 is 22.6 Å². The molecule has 4 rings (SSSR count). The van der Waals surface area contributed by atoms with Crippen molar-refractivity contribution in [3.05, 3.63) is 65.4 Å². The van der Waals surface area contributed by atoms with E-state index in [1.807, 2.05) is 38.1 Å². The summed E-state index contributed by atoms with van der Waals surface area (Å²) in [5.74, 6) is 1.46. The van der Waals surface area contributed by atoms with E-state index in [1.54, 1.807) is 23.0 Å². The molecule has 0 aliphatic heterocycles. The number of hydrogen-bond acceptors (Lipinski definition) is 4. The molecule has 0 fully saturated rings. The molecule has 0 atom stereocenters. The summed E-state index contributed by atoms with van der Waals surface area (Å²) in [6.07, 6.45) is 4.73. The van der Waals surface area contributed by atoms with E-state index in [9.17, 15) is 4.79 Å². The molecule has 1 amide bonds. The third kappa shape index (κ3) is 4.03. The summed E-state index contributed by atoms with van der Waals surface area (Å²) >= 11 is 0. The number of imidazole rings is 1. The minimum Gasteiger partial charge on any atom is -0.342 e. The maximum Gasteiger partial charge on any atom is 0.257 e. The second-order valence-electron chi connectivity index (χ2n) is 7.22. The lowest BCUT2D eigenvalue weighted by Crippen LogP contribution is -2.13. The van der Waals surface area contributed by atoms with Crippen molar-refractivity contribution < 1.29 is 4.79 Å². The molecule has 1 aromatic carbocycles. The van der Waals surface area contributed by atoms with Crippen molar-refractivity contribution in [3.63, 3.8) is 0 Å². The number of amides is 1. The molecule has 7 heteroatoms. The highest BCUT2D eigenvalue weighted by molar-refractivity contribution is 6.04. The number of nitrogens with zero attached hydrogens (tertiary/aromatic N) is 4. The summed E-state index contributed by atoms with van der Waals surface area (Å²) in [4.78, 5) is 24.9. The lowest BCUT2D eigenvalue weighted by atomic mass is 10.2. The van der Waals surface area contributed by atoms with Crippen LogP contribution in [0.3, 0.4) is 0 Å². The Morgan fingerprint density at radius 2 is 2.03 bits per heavy atom. The number of hydrogen-bond donors (Lipinski definition) is 2. The summed E-state index contributed by atoms with van der Waals surface area (Å²) in [6, 6.07) is 11.2. The number of H-pyrrole nitrogens is 1. The third-order valence-electron chi connectivity index (χ3n) is 4.79. The number of carbonyl (C=O) groups is 1. The molecule has 0 aliphatic rings. The quantitative estimate of drug-likeness (QED) is 0.514. The Kier molecular flexibility index (Phi) is 5.12. The number of rotatable bonds is 6. The molecule has 0 unspecified atom stereocenters. The first-order valence-corrected chi connectivity index (χ1v) is 9.83. The summed E-state index contributed by atoms with van der Waals surface area (Å²) in [6.45, 7) is 6.07. The minimum atomic E-state index is -0.206. The van der Waals surface area contributed by atoms with E-state index in [1.165, 1.54) is 0 Å². The molecule has 0 bridgehead atoms. The number of aromatic amines is 1. The van der Waals surface area contributed by atoms with Crippen LogP contribution >= 0.6 is 0 Å². The Morgan fingerprint density at radius 1 is 1.17 bits per heavy atom. The number of unbranched alkanes of at least 4 members (excludes halogenated alkanes) is 1. The second kappa shape index (κ2) is 7.87. The predicted molar refractivity (Wildman–Crippen MR) is 113 cm³/mol. The average Bonchev–Trinajstić information content (AvgIpc) is 3.27. The fraction of sp³-hybridized carbons (Fsp3) is 0.273. The second-order valence-corrected chi connectivity index (χ2v) is 7.22. The van der Waals surface area contributed by atoms with Gasteiger partial charge in [-0.2, -0.15) is 5.10 Å². The molecule has 148 valence electrons. The molecule has 4 aromatic rings. The van der Waals surface area contributed by atoms with E-state index in [2.05, 4.69) is 32.3 Å². The van der Waals surface area contributed by atoms with Gasteiger partial charge in [0.05, 0.1) is 22.3 Å². The molecule has 0 aliphatic carbocycles. The number of aromatic nitrogens is 5. The fourth-order valence-corrected chi connectivity index (χ4v) is 3.31. The van der Waals surface area contributed by atoms with Gasteiger partial charge in [-0.3, -0.25) is 4.79 Å². The van der Waals surface area contributed by atoms with E-state index in [0.29, 0.717) is 11.4 Å². The maximum atomic E-state index is 12.6. The van der Waals surface area contributed by atoms with E-state index in [0.717, 1.165) is 53.2 Å². The fourth-order valence-electron chi connectivity index (χ4n) is 3.31. The van der Waals surface area contributed by atoms with Gasteiger partial charge in [-0.25, -0.2) is 14.6 Å². The van der Waals surface area contributed by atoms with Crippen LogP contribution in [0.1, 0.15) is 47.3 Å². The lowest BCUT2D eigenvalue weighted by molar-refractivity contribution is 0.102. The molecule has 0 saturated carbocycles. The minimum absolute atomic E-state index is 0.206. The lowest BCUT2D eigenvalue weighted by Gasteiger charge is -2.07. The standard InChI is InChI=1S/C22H24N6O/c1-4-5-6-20-25-18-9-8-17(12-19(18)26-20)24-22(29)16-7-10-21(23-13-16)28-15(3)11-14(2)27-28/h7-13H,4-6H2,1-3H3,(H,24,29)(H,25,26). The Balaban J connectivity index is 1.49. The molecule has 0 spiro atoms. The highest BCUT2D eigenvalue weighted by atomic mass is 16.1. The molecule has 0 saturated heterocycles. The number of nitrogens with one attached hydrogen (secondary N) is 2. The molecular formula is C22H24N6O. The van der Waals surface area contributed by atoms with Crippen LogP contribution in [0.15, 0.2) is 42.6 Å². The Bertz CT molecular complexity index is 1160. The number of benzene rings is 1. The van der Waals surface area contributed by atoms with Crippen molar-refractivity contribution in [2.75, 3.05) is 5.32 Å². The van der Waals surface area contributed by atoms with Crippen LogP contribution in [0.2, 0.25) is 0 Å². The maximum absolute atomic E-state index is 12.6. The Hall–Kier alpha value is -3.48. The van der Waals surface area contributed by atoms with Gasteiger partial charge in [0.1, 0.15) is 5.82 Å². The summed E-state index contributed by atoms with van der Waals surface area (Å²) in [5.41, 5.74) is 4.97. The topological polar surface area (TPSA) is 88.5 Å². The predicted octanol–water partition coefficient (Wildman–Crippen LogP) is 4.36. The van der Waals surface area contributed by atoms with E-state index in [4.69, 9.17) is 0 Å². The molecule has 2 N–H and O–H groups in total. The Morgan fingerprint density at radius 3 is 2.72 bits per heavy atom. The van der Waals surface area contributed by atoms with E-state index >= 15 is 0 Å². The van der Waals surface area contributed by atoms with Crippen LogP contribution in [0.25, 0.3) is 16.9 Å². The monoisotopic (exact) mass is 388 g/mol. The summed E-state index contributed by atoms with van der Waals surface area (Å²) < 4.78 is 1.76. The molecule has 3 heterocycles. The molecule has 29 heavy (non-hydrogen) atoms. The summed E-state index contributed by atoms with van der Waals surface area (Å²) in [7, 11) is 0.